The molecule has 3 N–H and O–H groups in total. The molecule has 2 rings (SSSR count). The second kappa shape index (κ2) is 5.00. The lowest BCUT2D eigenvalue weighted by atomic mass is 9.89. The Balaban J connectivity index is 2.35. The van der Waals surface area contributed by atoms with Crippen LogP contribution in [0, 0.1) is 0 Å². The van der Waals surface area contributed by atoms with E-state index in [-0.39, 0.29) is 5.54 Å². The molecular formula is C15H20N4O. The Hall–Kier alpha value is -2.30. The summed E-state index contributed by atoms with van der Waals surface area (Å²) in [5.74, 6) is 0. The van der Waals surface area contributed by atoms with Crippen molar-refractivity contribution in [3.8, 4) is 0 Å². The van der Waals surface area contributed by atoms with Crippen molar-refractivity contribution in [2.24, 2.45) is 10.8 Å². The lowest BCUT2D eigenvalue weighted by Gasteiger charge is -2.40. The highest BCUT2D eigenvalue weighted by Gasteiger charge is 2.28. The predicted octanol–water partition coefficient (Wildman–Crippen LogP) is 2.32. The van der Waals surface area contributed by atoms with Crippen molar-refractivity contribution in [1.82, 2.24) is 5.43 Å². The van der Waals surface area contributed by atoms with E-state index in [0.717, 1.165) is 5.56 Å². The molecule has 0 bridgehead atoms. The van der Waals surface area contributed by atoms with Gasteiger partial charge in [0.15, 0.2) is 0 Å². The first-order chi connectivity index (χ1) is 9.31. The van der Waals surface area contributed by atoms with E-state index in [1.807, 2.05) is 6.07 Å². The molecule has 1 aliphatic heterocycles. The standard InChI is InChI=1S/C15H20N4O/c1-10-8-15(2,3)19(4)13-6-5-11(7-12(10)13)9-17-18-14(16)20/h5-9H,1-4H3,(H3,16,18,20). The maximum atomic E-state index is 10.6. The summed E-state index contributed by atoms with van der Waals surface area (Å²) in [5, 5.41) is 3.78. The Kier molecular flexibility index (Phi) is 3.53. The third-order valence-electron chi connectivity index (χ3n) is 3.63. The highest BCUT2D eigenvalue weighted by Crippen LogP contribution is 2.37. The zero-order valence-corrected chi connectivity index (χ0v) is 12.3. The number of nitrogens with one attached hydrogen (secondary N) is 1. The van der Waals surface area contributed by atoms with E-state index in [1.165, 1.54) is 16.8 Å². The second-order valence-electron chi connectivity index (χ2n) is 5.55. The maximum absolute atomic E-state index is 10.6. The van der Waals surface area contributed by atoms with E-state index in [2.05, 4.69) is 61.5 Å². The molecule has 0 fully saturated rings. The van der Waals surface area contributed by atoms with Crippen molar-refractivity contribution in [3.05, 3.63) is 35.4 Å². The molecule has 0 aromatic heterocycles. The molecule has 2 amide bonds. The van der Waals surface area contributed by atoms with Crippen molar-refractivity contribution in [1.29, 1.82) is 0 Å². The number of amides is 2. The fourth-order valence-corrected chi connectivity index (χ4v) is 2.43. The van der Waals surface area contributed by atoms with Crippen LogP contribution in [0.15, 0.2) is 29.4 Å². The quantitative estimate of drug-likeness (QED) is 0.640. The summed E-state index contributed by atoms with van der Waals surface area (Å²) in [7, 11) is 2.09. The van der Waals surface area contributed by atoms with Gasteiger partial charge in [0.1, 0.15) is 0 Å². The molecule has 0 unspecified atom stereocenters. The third-order valence-corrected chi connectivity index (χ3v) is 3.63. The van der Waals surface area contributed by atoms with Crippen LogP contribution < -0.4 is 16.1 Å². The van der Waals surface area contributed by atoms with Crippen LogP contribution in [0.25, 0.3) is 5.57 Å². The summed E-state index contributed by atoms with van der Waals surface area (Å²) in [6, 6.07) is 5.42. The van der Waals surface area contributed by atoms with Crippen LogP contribution >= 0.6 is 0 Å². The van der Waals surface area contributed by atoms with Gasteiger partial charge in [0, 0.05) is 18.3 Å². The average Bonchev–Trinajstić information content (AvgIpc) is 2.35. The molecule has 0 saturated carbocycles. The Morgan fingerprint density at radius 1 is 1.45 bits per heavy atom. The fourth-order valence-electron chi connectivity index (χ4n) is 2.43. The van der Waals surface area contributed by atoms with E-state index in [1.54, 1.807) is 6.21 Å². The zero-order chi connectivity index (χ0) is 14.9. The Labute approximate surface area is 119 Å². The predicted molar refractivity (Wildman–Crippen MR) is 82.9 cm³/mol. The highest BCUT2D eigenvalue weighted by molar-refractivity contribution is 5.88. The van der Waals surface area contributed by atoms with Gasteiger partial charge in [-0.2, -0.15) is 5.10 Å². The number of benzene rings is 1. The average molecular weight is 272 g/mol. The minimum absolute atomic E-state index is 0.000212. The molecule has 1 aromatic rings. The SMILES string of the molecule is CC1=CC(C)(C)N(C)c2ccc(C=NNC(N)=O)cc21. The summed E-state index contributed by atoms with van der Waals surface area (Å²) in [6.45, 7) is 6.48. The van der Waals surface area contributed by atoms with Gasteiger partial charge in [-0.3, -0.25) is 0 Å². The molecule has 0 radical (unpaired) electrons. The van der Waals surface area contributed by atoms with Crippen LogP contribution in [0.4, 0.5) is 10.5 Å². The van der Waals surface area contributed by atoms with E-state index >= 15 is 0 Å². The van der Waals surface area contributed by atoms with Gasteiger partial charge in [0.05, 0.1) is 11.8 Å². The van der Waals surface area contributed by atoms with Crippen LogP contribution in [-0.4, -0.2) is 24.8 Å². The molecule has 1 aliphatic rings. The largest absolute Gasteiger partial charge is 0.366 e. The van der Waals surface area contributed by atoms with Gasteiger partial charge in [-0.1, -0.05) is 12.1 Å². The number of urea groups is 1. The van der Waals surface area contributed by atoms with Gasteiger partial charge in [-0.25, -0.2) is 10.2 Å². The van der Waals surface area contributed by atoms with Crippen LogP contribution in [0.3, 0.4) is 0 Å². The van der Waals surface area contributed by atoms with Crippen LogP contribution in [-0.2, 0) is 0 Å². The molecule has 0 spiro atoms. The first kappa shape index (κ1) is 14.1. The normalized spacial score (nSPS) is 16.8. The van der Waals surface area contributed by atoms with Gasteiger partial charge >= 0.3 is 6.03 Å². The smallest absolute Gasteiger partial charge is 0.332 e. The molecule has 1 aromatic carbocycles. The van der Waals surface area contributed by atoms with E-state index in [0.29, 0.717) is 0 Å². The molecule has 20 heavy (non-hydrogen) atoms. The minimum Gasteiger partial charge on any atom is -0.366 e. The number of hydrogen-bond acceptors (Lipinski definition) is 3. The maximum Gasteiger partial charge on any atom is 0.332 e. The number of hydrogen-bond donors (Lipinski definition) is 2. The van der Waals surface area contributed by atoms with Crippen molar-refractivity contribution in [2.75, 3.05) is 11.9 Å². The molecule has 0 atom stereocenters. The summed E-state index contributed by atoms with van der Waals surface area (Å²) >= 11 is 0. The minimum atomic E-state index is -0.670. The van der Waals surface area contributed by atoms with Gasteiger partial charge in [0.25, 0.3) is 0 Å². The summed E-state index contributed by atoms with van der Waals surface area (Å²) in [6.07, 6.45) is 3.83. The van der Waals surface area contributed by atoms with Crippen molar-refractivity contribution in [2.45, 2.75) is 26.3 Å². The van der Waals surface area contributed by atoms with Crippen molar-refractivity contribution < 1.29 is 4.79 Å². The summed E-state index contributed by atoms with van der Waals surface area (Å²) < 4.78 is 0. The molecule has 1 heterocycles. The molecular weight excluding hydrogens is 252 g/mol. The number of allylic oxidation sites excluding steroid dienone is 1. The molecule has 106 valence electrons. The lowest BCUT2D eigenvalue weighted by Crippen LogP contribution is -2.42. The van der Waals surface area contributed by atoms with Gasteiger partial charge in [-0.15, -0.1) is 0 Å². The number of fused-ring (bicyclic) bond motifs is 1. The Bertz CT molecular complexity index is 602. The monoisotopic (exact) mass is 272 g/mol. The number of nitrogens with zero attached hydrogens (tertiary/aromatic N) is 2. The van der Waals surface area contributed by atoms with Crippen LogP contribution in [0.2, 0.25) is 0 Å². The van der Waals surface area contributed by atoms with Gasteiger partial charge < -0.3 is 10.6 Å². The van der Waals surface area contributed by atoms with Gasteiger partial charge in [0.2, 0.25) is 0 Å². The third kappa shape index (κ3) is 2.66. The van der Waals surface area contributed by atoms with Crippen LogP contribution in [0.5, 0.6) is 0 Å². The number of anilines is 1. The fraction of sp³-hybridized carbons (Fsp3) is 0.333. The number of hydrazone groups is 1. The highest BCUT2D eigenvalue weighted by atomic mass is 16.2. The van der Waals surface area contributed by atoms with E-state index in [4.69, 9.17) is 5.73 Å². The van der Waals surface area contributed by atoms with Gasteiger partial charge in [-0.05, 0) is 44.0 Å². The number of likely N-dealkylation sites (N-methyl/N-ethyl adjacent to an activating group) is 1. The first-order valence-electron chi connectivity index (χ1n) is 6.47. The van der Waals surface area contributed by atoms with Crippen molar-refractivity contribution in [3.63, 3.8) is 0 Å². The lowest BCUT2D eigenvalue weighted by molar-refractivity contribution is 0.249. The first-order valence-corrected chi connectivity index (χ1v) is 6.47. The second-order valence-corrected chi connectivity index (χ2v) is 5.55. The van der Waals surface area contributed by atoms with Crippen LogP contribution in [0.1, 0.15) is 31.9 Å². The Morgan fingerprint density at radius 2 is 2.15 bits per heavy atom. The number of rotatable bonds is 2. The topological polar surface area (TPSA) is 70.7 Å². The Morgan fingerprint density at radius 3 is 2.80 bits per heavy atom. The van der Waals surface area contributed by atoms with E-state index < -0.39 is 6.03 Å². The number of carbonyl (C=O) groups is 1. The van der Waals surface area contributed by atoms with Crippen molar-refractivity contribution >= 4 is 23.5 Å². The number of carbonyl (C=O) groups excluding carboxylic acids is 1. The summed E-state index contributed by atoms with van der Waals surface area (Å²) in [5.41, 5.74) is 11.7. The molecule has 0 saturated heterocycles. The number of primary amides is 1. The summed E-state index contributed by atoms with van der Waals surface area (Å²) in [4.78, 5) is 12.8. The zero-order valence-electron chi connectivity index (χ0n) is 12.3. The number of nitrogens with two attached hydrogens (primary N) is 1. The molecule has 5 nitrogen and oxygen atoms in total. The molecule has 5 heteroatoms. The molecule has 0 aliphatic carbocycles. The van der Waals surface area contributed by atoms with E-state index in [9.17, 15) is 4.79 Å².